The second-order valence-electron chi connectivity index (χ2n) is 2.73. The molecular formula is C9H9F3N2. The first-order chi connectivity index (χ1) is 6.54. The highest BCUT2D eigenvalue weighted by Gasteiger charge is 2.30. The number of alkyl halides is 3. The number of halogens is 3. The molecule has 5 heteroatoms. The Bertz CT molecular complexity index is 331. The third-order valence-corrected chi connectivity index (χ3v) is 1.69. The number of rotatable bonds is 2. The number of hydrogen-bond acceptors (Lipinski definition) is 2. The summed E-state index contributed by atoms with van der Waals surface area (Å²) in [6.07, 6.45) is -2.63. The lowest BCUT2D eigenvalue weighted by Crippen LogP contribution is -2.05. The van der Waals surface area contributed by atoms with Gasteiger partial charge in [-0.15, -0.1) is 0 Å². The molecule has 0 aliphatic rings. The summed E-state index contributed by atoms with van der Waals surface area (Å²) < 4.78 is 36.7. The minimum atomic E-state index is -4.30. The minimum absolute atomic E-state index is 0.306. The van der Waals surface area contributed by atoms with E-state index < -0.39 is 11.7 Å². The molecule has 2 nitrogen and oxygen atoms in total. The van der Waals surface area contributed by atoms with E-state index in [4.69, 9.17) is 5.84 Å². The molecule has 0 unspecified atom stereocenters. The summed E-state index contributed by atoms with van der Waals surface area (Å²) in [5, 5.41) is 3.22. The van der Waals surface area contributed by atoms with Crippen LogP contribution in [-0.2, 0) is 12.6 Å². The second kappa shape index (κ2) is 4.13. The van der Waals surface area contributed by atoms with Gasteiger partial charge in [0.15, 0.2) is 0 Å². The molecule has 0 aliphatic heterocycles. The number of hydrazone groups is 1. The van der Waals surface area contributed by atoms with Crippen molar-refractivity contribution in [3.8, 4) is 0 Å². The van der Waals surface area contributed by atoms with Gasteiger partial charge in [-0.1, -0.05) is 18.2 Å². The van der Waals surface area contributed by atoms with Gasteiger partial charge < -0.3 is 5.84 Å². The van der Waals surface area contributed by atoms with Crippen LogP contribution in [0.25, 0.3) is 0 Å². The number of nitrogens with two attached hydrogens (primary N) is 1. The van der Waals surface area contributed by atoms with Crippen LogP contribution >= 0.6 is 0 Å². The molecule has 0 atom stereocenters. The van der Waals surface area contributed by atoms with Crippen molar-refractivity contribution in [1.82, 2.24) is 0 Å². The normalized spacial score (nSPS) is 12.2. The van der Waals surface area contributed by atoms with E-state index in [1.54, 1.807) is 6.07 Å². The Labute approximate surface area is 79.2 Å². The number of hydrogen-bond donors (Lipinski definition) is 1. The smallest absolute Gasteiger partial charge is 0.324 e. The largest absolute Gasteiger partial charge is 0.416 e. The molecule has 76 valence electrons. The van der Waals surface area contributed by atoms with Gasteiger partial charge in [0, 0.05) is 12.6 Å². The molecule has 0 aliphatic carbocycles. The van der Waals surface area contributed by atoms with E-state index in [1.807, 2.05) is 0 Å². The van der Waals surface area contributed by atoms with Crippen molar-refractivity contribution in [2.75, 3.05) is 0 Å². The maximum Gasteiger partial charge on any atom is 0.416 e. The standard InChI is InChI=1S/C9H9F3N2/c10-9(11,12)8-3-1-2-7(6-8)4-5-14-13/h1-3,5-6H,4,13H2/b14-5+. The lowest BCUT2D eigenvalue weighted by Gasteiger charge is -2.07. The van der Waals surface area contributed by atoms with Crippen LogP contribution in [0.2, 0.25) is 0 Å². The van der Waals surface area contributed by atoms with Gasteiger partial charge in [-0.2, -0.15) is 18.3 Å². The molecule has 1 aromatic rings. The van der Waals surface area contributed by atoms with Gasteiger partial charge in [0.25, 0.3) is 0 Å². The molecule has 0 radical (unpaired) electrons. The first kappa shape index (κ1) is 10.6. The van der Waals surface area contributed by atoms with Crippen molar-refractivity contribution >= 4 is 6.21 Å². The molecule has 1 rings (SSSR count). The predicted molar refractivity (Wildman–Crippen MR) is 47.8 cm³/mol. The van der Waals surface area contributed by atoms with Crippen LogP contribution in [0.15, 0.2) is 29.4 Å². The molecule has 0 amide bonds. The third kappa shape index (κ3) is 2.76. The Morgan fingerprint density at radius 1 is 1.36 bits per heavy atom. The fraction of sp³-hybridized carbons (Fsp3) is 0.222. The van der Waals surface area contributed by atoms with Gasteiger partial charge in [-0.05, 0) is 11.6 Å². The number of benzene rings is 1. The maximum atomic E-state index is 12.2. The van der Waals surface area contributed by atoms with Crippen LogP contribution in [-0.4, -0.2) is 6.21 Å². The molecule has 0 saturated carbocycles. The SMILES string of the molecule is N/N=C/Cc1cccc(C(F)(F)F)c1. The van der Waals surface area contributed by atoms with Crippen molar-refractivity contribution < 1.29 is 13.2 Å². The average Bonchev–Trinajstić information content (AvgIpc) is 2.14. The molecule has 1 aromatic carbocycles. The predicted octanol–water partition coefficient (Wildman–Crippen LogP) is 2.19. The van der Waals surface area contributed by atoms with Crippen LogP contribution in [0.4, 0.5) is 13.2 Å². The summed E-state index contributed by atoms with van der Waals surface area (Å²) in [5.41, 5.74) is -0.116. The van der Waals surface area contributed by atoms with Gasteiger partial charge in [0.05, 0.1) is 5.56 Å². The zero-order chi connectivity index (χ0) is 10.6. The molecule has 0 fully saturated rings. The summed E-state index contributed by atoms with van der Waals surface area (Å²) >= 11 is 0. The highest BCUT2D eigenvalue weighted by atomic mass is 19.4. The molecule has 0 bridgehead atoms. The molecule has 0 heterocycles. The first-order valence-corrected chi connectivity index (χ1v) is 3.92. The van der Waals surface area contributed by atoms with Gasteiger partial charge in [-0.25, -0.2) is 0 Å². The van der Waals surface area contributed by atoms with Crippen molar-refractivity contribution in [3.05, 3.63) is 35.4 Å². The number of nitrogens with zero attached hydrogens (tertiary/aromatic N) is 1. The quantitative estimate of drug-likeness (QED) is 0.445. The zero-order valence-electron chi connectivity index (χ0n) is 7.25. The summed E-state index contributed by atoms with van der Waals surface area (Å²) in [6, 6.07) is 5.07. The molecular weight excluding hydrogens is 193 g/mol. The molecule has 2 N–H and O–H groups in total. The fourth-order valence-electron chi connectivity index (χ4n) is 1.03. The second-order valence-corrected chi connectivity index (χ2v) is 2.73. The molecule has 0 aromatic heterocycles. The summed E-state index contributed by atoms with van der Waals surface area (Å²) in [5.74, 6) is 4.85. The van der Waals surface area contributed by atoms with E-state index in [2.05, 4.69) is 5.10 Å². The lowest BCUT2D eigenvalue weighted by molar-refractivity contribution is -0.137. The first-order valence-electron chi connectivity index (χ1n) is 3.92. The summed E-state index contributed by atoms with van der Waals surface area (Å²) in [4.78, 5) is 0. The Morgan fingerprint density at radius 2 is 2.07 bits per heavy atom. The van der Waals surface area contributed by atoms with E-state index in [0.29, 0.717) is 12.0 Å². The highest BCUT2D eigenvalue weighted by Crippen LogP contribution is 2.29. The third-order valence-electron chi connectivity index (χ3n) is 1.69. The van der Waals surface area contributed by atoms with Crippen LogP contribution in [0.3, 0.4) is 0 Å². The average molecular weight is 202 g/mol. The zero-order valence-corrected chi connectivity index (χ0v) is 7.25. The monoisotopic (exact) mass is 202 g/mol. The van der Waals surface area contributed by atoms with E-state index in [9.17, 15) is 13.2 Å². The van der Waals surface area contributed by atoms with Crippen molar-refractivity contribution in [2.24, 2.45) is 10.9 Å². The van der Waals surface area contributed by atoms with Crippen molar-refractivity contribution in [2.45, 2.75) is 12.6 Å². The van der Waals surface area contributed by atoms with E-state index >= 15 is 0 Å². The van der Waals surface area contributed by atoms with E-state index in [1.165, 1.54) is 12.3 Å². The van der Waals surface area contributed by atoms with E-state index in [-0.39, 0.29) is 0 Å². The Hall–Kier alpha value is -1.52. The van der Waals surface area contributed by atoms with Gasteiger partial charge in [0.2, 0.25) is 0 Å². The van der Waals surface area contributed by atoms with Crippen LogP contribution in [0, 0.1) is 0 Å². The van der Waals surface area contributed by atoms with Crippen molar-refractivity contribution in [1.29, 1.82) is 0 Å². The van der Waals surface area contributed by atoms with E-state index in [0.717, 1.165) is 12.1 Å². The molecule has 14 heavy (non-hydrogen) atoms. The maximum absolute atomic E-state index is 12.2. The Morgan fingerprint density at radius 3 is 2.64 bits per heavy atom. The summed E-state index contributed by atoms with van der Waals surface area (Å²) in [6.45, 7) is 0. The topological polar surface area (TPSA) is 38.4 Å². The molecule has 0 spiro atoms. The van der Waals surface area contributed by atoms with Gasteiger partial charge >= 0.3 is 6.18 Å². The van der Waals surface area contributed by atoms with Gasteiger partial charge in [0.1, 0.15) is 0 Å². The lowest BCUT2D eigenvalue weighted by atomic mass is 10.1. The molecule has 0 saturated heterocycles. The van der Waals surface area contributed by atoms with Crippen LogP contribution in [0.1, 0.15) is 11.1 Å². The Kier molecular flexibility index (Phi) is 3.11. The van der Waals surface area contributed by atoms with Crippen LogP contribution < -0.4 is 5.84 Å². The highest BCUT2D eigenvalue weighted by molar-refractivity contribution is 5.61. The minimum Gasteiger partial charge on any atom is -0.324 e. The van der Waals surface area contributed by atoms with Crippen LogP contribution in [0.5, 0.6) is 0 Å². The fourth-order valence-corrected chi connectivity index (χ4v) is 1.03. The van der Waals surface area contributed by atoms with Gasteiger partial charge in [-0.3, -0.25) is 0 Å². The summed E-state index contributed by atoms with van der Waals surface area (Å²) in [7, 11) is 0. The Balaban J connectivity index is 2.90. The van der Waals surface area contributed by atoms with Crippen molar-refractivity contribution in [3.63, 3.8) is 0 Å².